The molecule has 1 aliphatic heterocycles. The Morgan fingerprint density at radius 2 is 1.81 bits per heavy atom. The SMILES string of the molecule is CC[C@]1(c2ccc(F)cc2)NC(=O)N(CC(=O)Nc2cc(C(C)(C)C)ccc2OC)C1=O. The third kappa shape index (κ3) is 4.30. The lowest BCUT2D eigenvalue weighted by Crippen LogP contribution is -2.44. The van der Waals surface area contributed by atoms with Crippen LogP contribution in [0.3, 0.4) is 0 Å². The fourth-order valence-corrected chi connectivity index (χ4v) is 3.75. The van der Waals surface area contributed by atoms with E-state index in [-0.39, 0.29) is 11.8 Å². The van der Waals surface area contributed by atoms with Gasteiger partial charge in [0, 0.05) is 0 Å². The van der Waals surface area contributed by atoms with Crippen molar-refractivity contribution in [2.75, 3.05) is 19.0 Å². The maximum absolute atomic E-state index is 13.3. The molecule has 2 N–H and O–H groups in total. The molecule has 2 aromatic rings. The minimum atomic E-state index is -1.34. The monoisotopic (exact) mass is 441 g/mol. The lowest BCUT2D eigenvalue weighted by atomic mass is 9.87. The molecule has 8 heteroatoms. The molecule has 7 nitrogen and oxygen atoms in total. The van der Waals surface area contributed by atoms with E-state index in [2.05, 4.69) is 10.6 Å². The van der Waals surface area contributed by atoms with E-state index in [1.165, 1.54) is 31.4 Å². The van der Waals surface area contributed by atoms with E-state index in [0.717, 1.165) is 10.5 Å². The summed E-state index contributed by atoms with van der Waals surface area (Å²) in [5.74, 6) is -1.07. The Hall–Kier alpha value is -3.42. The van der Waals surface area contributed by atoms with Gasteiger partial charge in [0.2, 0.25) is 5.91 Å². The van der Waals surface area contributed by atoms with Crippen LogP contribution in [0.15, 0.2) is 42.5 Å². The van der Waals surface area contributed by atoms with Gasteiger partial charge in [0.05, 0.1) is 12.8 Å². The Bertz CT molecular complexity index is 1050. The molecule has 3 rings (SSSR count). The molecule has 1 aliphatic rings. The number of carbonyl (C=O) groups is 3. The van der Waals surface area contributed by atoms with E-state index in [4.69, 9.17) is 4.74 Å². The predicted molar refractivity (Wildman–Crippen MR) is 119 cm³/mol. The van der Waals surface area contributed by atoms with Gasteiger partial charge in [-0.25, -0.2) is 9.18 Å². The van der Waals surface area contributed by atoms with Crippen molar-refractivity contribution in [2.24, 2.45) is 0 Å². The number of rotatable bonds is 6. The van der Waals surface area contributed by atoms with Gasteiger partial charge in [0.1, 0.15) is 23.7 Å². The third-order valence-corrected chi connectivity index (χ3v) is 5.68. The number of anilines is 1. The second-order valence-corrected chi connectivity index (χ2v) is 8.80. The van der Waals surface area contributed by atoms with Crippen LogP contribution in [0, 0.1) is 5.82 Å². The smallest absolute Gasteiger partial charge is 0.325 e. The topological polar surface area (TPSA) is 87.7 Å². The summed E-state index contributed by atoms with van der Waals surface area (Å²) in [5, 5.41) is 5.43. The van der Waals surface area contributed by atoms with Crippen molar-refractivity contribution in [3.05, 3.63) is 59.4 Å². The number of methoxy groups -OCH3 is 1. The van der Waals surface area contributed by atoms with Gasteiger partial charge in [-0.2, -0.15) is 0 Å². The second-order valence-electron chi connectivity index (χ2n) is 8.80. The summed E-state index contributed by atoms with van der Waals surface area (Å²) in [6.45, 7) is 7.43. The summed E-state index contributed by atoms with van der Waals surface area (Å²) in [6.07, 6.45) is 0.253. The van der Waals surface area contributed by atoms with Gasteiger partial charge in [0.15, 0.2) is 0 Å². The highest BCUT2D eigenvalue weighted by Crippen LogP contribution is 2.34. The average molecular weight is 442 g/mol. The molecular weight excluding hydrogens is 413 g/mol. The molecule has 2 aromatic carbocycles. The first-order chi connectivity index (χ1) is 15.0. The Morgan fingerprint density at radius 1 is 1.16 bits per heavy atom. The minimum Gasteiger partial charge on any atom is -0.495 e. The van der Waals surface area contributed by atoms with Crippen LogP contribution in [-0.2, 0) is 20.5 Å². The van der Waals surface area contributed by atoms with Gasteiger partial charge >= 0.3 is 6.03 Å². The summed E-state index contributed by atoms with van der Waals surface area (Å²) in [6, 6.07) is 10.2. The standard InChI is InChI=1S/C24H28FN3O4/c1-6-24(15-7-10-17(25)11-8-15)21(30)28(22(31)27-24)14-20(29)26-18-13-16(23(2,3)4)9-12-19(18)32-5/h7-13H,6,14H2,1-5H3,(H,26,29)(H,27,31)/t24-/m1/s1. The van der Waals surface area contributed by atoms with Crippen molar-refractivity contribution in [1.29, 1.82) is 0 Å². The van der Waals surface area contributed by atoms with Gasteiger partial charge in [-0.05, 0) is 47.2 Å². The highest BCUT2D eigenvalue weighted by atomic mass is 19.1. The summed E-state index contributed by atoms with van der Waals surface area (Å²) >= 11 is 0. The fourth-order valence-electron chi connectivity index (χ4n) is 3.75. The number of urea groups is 1. The Morgan fingerprint density at radius 3 is 2.38 bits per heavy atom. The molecule has 32 heavy (non-hydrogen) atoms. The first kappa shape index (κ1) is 23.2. The molecular formula is C24H28FN3O4. The average Bonchev–Trinajstić information content (AvgIpc) is 2.98. The van der Waals surface area contributed by atoms with Crippen LogP contribution in [0.4, 0.5) is 14.9 Å². The first-order valence-electron chi connectivity index (χ1n) is 10.4. The number of benzene rings is 2. The van der Waals surface area contributed by atoms with Gasteiger partial charge in [0.25, 0.3) is 5.91 Å². The van der Waals surface area contributed by atoms with Crippen LogP contribution >= 0.6 is 0 Å². The number of ether oxygens (including phenoxy) is 1. The number of amides is 4. The van der Waals surface area contributed by atoms with E-state index in [0.29, 0.717) is 17.0 Å². The Labute approximate surface area is 186 Å². The molecule has 1 fully saturated rings. The quantitative estimate of drug-likeness (QED) is 0.665. The molecule has 4 amide bonds. The normalized spacial score (nSPS) is 18.5. The van der Waals surface area contributed by atoms with Gasteiger partial charge in [-0.3, -0.25) is 14.5 Å². The van der Waals surface area contributed by atoms with Crippen LogP contribution in [0.2, 0.25) is 0 Å². The van der Waals surface area contributed by atoms with Crippen LogP contribution in [0.1, 0.15) is 45.2 Å². The first-order valence-corrected chi connectivity index (χ1v) is 10.4. The molecule has 1 atom stereocenters. The number of hydrogen-bond donors (Lipinski definition) is 2. The minimum absolute atomic E-state index is 0.146. The summed E-state index contributed by atoms with van der Waals surface area (Å²) in [5.41, 5.74) is 0.422. The highest BCUT2D eigenvalue weighted by Gasteiger charge is 2.51. The van der Waals surface area contributed by atoms with E-state index < -0.39 is 35.7 Å². The van der Waals surface area contributed by atoms with Crippen LogP contribution in [-0.4, -0.2) is 36.4 Å². The van der Waals surface area contributed by atoms with Crippen molar-refractivity contribution in [3.63, 3.8) is 0 Å². The third-order valence-electron chi connectivity index (χ3n) is 5.68. The van der Waals surface area contributed by atoms with E-state index >= 15 is 0 Å². The lowest BCUT2D eigenvalue weighted by Gasteiger charge is -2.25. The zero-order valence-electron chi connectivity index (χ0n) is 18.9. The number of halogens is 1. The zero-order valence-corrected chi connectivity index (χ0v) is 18.9. The largest absolute Gasteiger partial charge is 0.495 e. The van der Waals surface area contributed by atoms with Crippen LogP contribution in [0.25, 0.3) is 0 Å². The van der Waals surface area contributed by atoms with E-state index in [1.54, 1.807) is 13.0 Å². The summed E-state index contributed by atoms with van der Waals surface area (Å²) in [4.78, 5) is 39.5. The number of hydrogen-bond acceptors (Lipinski definition) is 4. The summed E-state index contributed by atoms with van der Waals surface area (Å²) < 4.78 is 18.7. The highest BCUT2D eigenvalue weighted by molar-refractivity contribution is 6.10. The van der Waals surface area contributed by atoms with Crippen molar-refractivity contribution in [2.45, 2.75) is 45.1 Å². The molecule has 0 spiro atoms. The molecule has 1 heterocycles. The molecule has 0 aliphatic carbocycles. The van der Waals surface area contributed by atoms with Crippen LogP contribution in [0.5, 0.6) is 5.75 Å². The Balaban J connectivity index is 1.82. The molecule has 170 valence electrons. The number of nitrogens with one attached hydrogen (secondary N) is 2. The number of carbonyl (C=O) groups excluding carboxylic acids is 3. The van der Waals surface area contributed by atoms with E-state index in [9.17, 15) is 18.8 Å². The zero-order chi connectivity index (χ0) is 23.7. The van der Waals surface area contributed by atoms with Crippen molar-refractivity contribution in [3.8, 4) is 5.75 Å². The fraction of sp³-hybridized carbons (Fsp3) is 0.375. The van der Waals surface area contributed by atoms with Gasteiger partial charge in [-0.1, -0.05) is 45.9 Å². The van der Waals surface area contributed by atoms with E-state index in [1.807, 2.05) is 32.9 Å². The number of nitrogens with zero attached hydrogens (tertiary/aromatic N) is 1. The molecule has 1 saturated heterocycles. The molecule has 0 bridgehead atoms. The van der Waals surface area contributed by atoms with Gasteiger partial charge in [-0.15, -0.1) is 0 Å². The second kappa shape index (κ2) is 8.61. The van der Waals surface area contributed by atoms with Crippen LogP contribution < -0.4 is 15.4 Å². The lowest BCUT2D eigenvalue weighted by molar-refractivity contribution is -0.134. The molecule has 0 saturated carbocycles. The van der Waals surface area contributed by atoms with Gasteiger partial charge < -0.3 is 15.4 Å². The molecule has 0 unspecified atom stereocenters. The molecule has 0 radical (unpaired) electrons. The predicted octanol–water partition coefficient (Wildman–Crippen LogP) is 3.93. The maximum atomic E-state index is 13.3. The maximum Gasteiger partial charge on any atom is 0.325 e. The van der Waals surface area contributed by atoms with Crippen molar-refractivity contribution in [1.82, 2.24) is 10.2 Å². The van der Waals surface area contributed by atoms with Crippen molar-refractivity contribution < 1.29 is 23.5 Å². The van der Waals surface area contributed by atoms with Crippen molar-refractivity contribution >= 4 is 23.5 Å². The summed E-state index contributed by atoms with van der Waals surface area (Å²) in [7, 11) is 1.50. The Kier molecular flexibility index (Phi) is 6.25. The molecule has 0 aromatic heterocycles. The number of imide groups is 1.